The Hall–Kier alpha value is -2.34. The van der Waals surface area contributed by atoms with Gasteiger partial charge in [0.2, 0.25) is 5.89 Å². The number of oxazole rings is 1. The number of rotatable bonds is 5. The molecular weight excluding hydrogens is 306 g/mol. The second-order valence-electron chi connectivity index (χ2n) is 6.35. The minimum Gasteiger partial charge on any atom is -0.444 e. The zero-order valence-electron chi connectivity index (χ0n) is 14.8. The van der Waals surface area contributed by atoms with E-state index in [4.69, 9.17) is 4.42 Å². The summed E-state index contributed by atoms with van der Waals surface area (Å²) in [5, 5.41) is 12.5. The summed E-state index contributed by atoms with van der Waals surface area (Å²) in [4.78, 5) is 18.4. The van der Waals surface area contributed by atoms with Gasteiger partial charge in [0.1, 0.15) is 6.26 Å². The summed E-state index contributed by atoms with van der Waals surface area (Å²) in [5.74, 6) is 0.533. The van der Waals surface area contributed by atoms with E-state index < -0.39 is 6.10 Å². The summed E-state index contributed by atoms with van der Waals surface area (Å²) in [6.07, 6.45) is 1.02. The highest BCUT2D eigenvalue weighted by Gasteiger charge is 2.19. The Bertz CT molecular complexity index is 707. The Balaban J connectivity index is 2.22. The number of hydrogen-bond donors (Lipinski definition) is 2. The molecule has 130 valence electrons. The third kappa shape index (κ3) is 4.35. The Morgan fingerprint density at radius 3 is 2.58 bits per heavy atom. The Morgan fingerprint density at radius 1 is 1.33 bits per heavy atom. The standard InChI is InChI=1S/C18H25N3O3/c1-11(2)21(9-14(5)22)18(23)20-15-7-6-12(3)16(8-15)17-19-13(4)10-24-17/h6-8,10-11,14,22H,9H2,1-5H3,(H,20,23). The Kier molecular flexibility index (Phi) is 5.62. The van der Waals surface area contributed by atoms with Crippen molar-refractivity contribution in [2.45, 2.75) is 46.8 Å². The number of amides is 2. The maximum atomic E-state index is 12.5. The number of aryl methyl sites for hydroxylation is 2. The molecule has 24 heavy (non-hydrogen) atoms. The fourth-order valence-corrected chi connectivity index (χ4v) is 2.42. The van der Waals surface area contributed by atoms with Crippen LogP contribution in [0.15, 0.2) is 28.9 Å². The molecule has 0 bridgehead atoms. The van der Waals surface area contributed by atoms with Crippen molar-refractivity contribution in [3.05, 3.63) is 35.7 Å². The molecular formula is C18H25N3O3. The van der Waals surface area contributed by atoms with E-state index in [-0.39, 0.29) is 18.6 Å². The van der Waals surface area contributed by atoms with Gasteiger partial charge in [-0.3, -0.25) is 0 Å². The lowest BCUT2D eigenvalue weighted by molar-refractivity contribution is 0.125. The largest absolute Gasteiger partial charge is 0.444 e. The number of aliphatic hydroxyl groups is 1. The number of aromatic nitrogens is 1. The van der Waals surface area contributed by atoms with Crippen LogP contribution >= 0.6 is 0 Å². The summed E-state index contributed by atoms with van der Waals surface area (Å²) < 4.78 is 5.46. The molecule has 1 atom stereocenters. The Labute approximate surface area is 142 Å². The van der Waals surface area contributed by atoms with E-state index in [1.54, 1.807) is 18.1 Å². The van der Waals surface area contributed by atoms with Gasteiger partial charge in [0.05, 0.1) is 11.8 Å². The molecule has 1 unspecified atom stereocenters. The fraction of sp³-hybridized carbons (Fsp3) is 0.444. The van der Waals surface area contributed by atoms with Crippen LogP contribution in [0.4, 0.5) is 10.5 Å². The van der Waals surface area contributed by atoms with Gasteiger partial charge in [0.25, 0.3) is 0 Å². The lowest BCUT2D eigenvalue weighted by Crippen LogP contribution is -2.43. The monoisotopic (exact) mass is 331 g/mol. The van der Waals surface area contributed by atoms with Crippen molar-refractivity contribution in [3.63, 3.8) is 0 Å². The molecule has 0 aliphatic carbocycles. The quantitative estimate of drug-likeness (QED) is 0.878. The van der Waals surface area contributed by atoms with Crippen molar-refractivity contribution < 1.29 is 14.3 Å². The van der Waals surface area contributed by atoms with E-state index in [1.165, 1.54) is 0 Å². The summed E-state index contributed by atoms with van der Waals surface area (Å²) in [5.41, 5.74) is 3.32. The molecule has 0 fully saturated rings. The first-order valence-electron chi connectivity index (χ1n) is 8.06. The zero-order valence-corrected chi connectivity index (χ0v) is 14.8. The molecule has 6 heteroatoms. The first-order valence-corrected chi connectivity index (χ1v) is 8.06. The van der Waals surface area contributed by atoms with Gasteiger partial charge in [0.15, 0.2) is 0 Å². The summed E-state index contributed by atoms with van der Waals surface area (Å²) >= 11 is 0. The minimum atomic E-state index is -0.581. The SMILES string of the molecule is Cc1coc(-c2cc(NC(=O)N(CC(C)O)C(C)C)ccc2C)n1. The molecule has 0 radical (unpaired) electrons. The van der Waals surface area contributed by atoms with E-state index in [0.717, 1.165) is 16.8 Å². The molecule has 1 heterocycles. The van der Waals surface area contributed by atoms with Crippen LogP contribution in [0.2, 0.25) is 0 Å². The number of anilines is 1. The molecule has 6 nitrogen and oxygen atoms in total. The molecule has 1 aromatic heterocycles. The third-order valence-corrected chi connectivity index (χ3v) is 3.68. The van der Waals surface area contributed by atoms with Gasteiger partial charge in [-0.2, -0.15) is 0 Å². The topological polar surface area (TPSA) is 78.6 Å². The van der Waals surface area contributed by atoms with Gasteiger partial charge < -0.3 is 19.7 Å². The average molecular weight is 331 g/mol. The van der Waals surface area contributed by atoms with Crippen LogP contribution in [0.25, 0.3) is 11.5 Å². The molecule has 2 aromatic rings. The smallest absolute Gasteiger partial charge is 0.322 e. The van der Waals surface area contributed by atoms with E-state index >= 15 is 0 Å². The van der Waals surface area contributed by atoms with Crippen molar-refractivity contribution in [1.29, 1.82) is 0 Å². The molecule has 0 saturated carbocycles. The highest BCUT2D eigenvalue weighted by molar-refractivity contribution is 5.90. The molecule has 0 spiro atoms. The fourth-order valence-electron chi connectivity index (χ4n) is 2.42. The Morgan fingerprint density at radius 2 is 2.04 bits per heavy atom. The van der Waals surface area contributed by atoms with Crippen molar-refractivity contribution in [2.24, 2.45) is 0 Å². The normalized spacial score (nSPS) is 12.3. The third-order valence-electron chi connectivity index (χ3n) is 3.68. The van der Waals surface area contributed by atoms with Gasteiger partial charge in [-0.05, 0) is 52.3 Å². The van der Waals surface area contributed by atoms with Crippen molar-refractivity contribution in [2.75, 3.05) is 11.9 Å². The van der Waals surface area contributed by atoms with Gasteiger partial charge in [0, 0.05) is 23.8 Å². The van der Waals surface area contributed by atoms with E-state index in [0.29, 0.717) is 11.6 Å². The van der Waals surface area contributed by atoms with Crippen LogP contribution in [-0.2, 0) is 0 Å². The van der Waals surface area contributed by atoms with Gasteiger partial charge in [-0.1, -0.05) is 6.07 Å². The lowest BCUT2D eigenvalue weighted by atomic mass is 10.1. The first-order chi connectivity index (χ1) is 11.3. The van der Waals surface area contributed by atoms with Crippen LogP contribution in [0.1, 0.15) is 32.0 Å². The molecule has 2 amide bonds. The maximum absolute atomic E-state index is 12.5. The van der Waals surface area contributed by atoms with Crippen molar-refractivity contribution in [1.82, 2.24) is 9.88 Å². The molecule has 0 aliphatic rings. The number of nitrogens with one attached hydrogen (secondary N) is 1. The van der Waals surface area contributed by atoms with Crippen LogP contribution in [-0.4, -0.2) is 39.7 Å². The van der Waals surface area contributed by atoms with Crippen LogP contribution < -0.4 is 5.32 Å². The highest BCUT2D eigenvalue weighted by atomic mass is 16.3. The molecule has 2 N–H and O–H groups in total. The first kappa shape index (κ1) is 18.0. The number of nitrogens with zero attached hydrogens (tertiary/aromatic N) is 2. The number of carbonyl (C=O) groups excluding carboxylic acids is 1. The van der Waals surface area contributed by atoms with Crippen LogP contribution in [0.5, 0.6) is 0 Å². The molecule has 2 rings (SSSR count). The summed E-state index contributed by atoms with van der Waals surface area (Å²) in [6.45, 7) is 9.60. The minimum absolute atomic E-state index is 0.0149. The van der Waals surface area contributed by atoms with Gasteiger partial charge in [-0.15, -0.1) is 0 Å². The second-order valence-corrected chi connectivity index (χ2v) is 6.35. The number of hydrogen-bond acceptors (Lipinski definition) is 4. The maximum Gasteiger partial charge on any atom is 0.322 e. The average Bonchev–Trinajstić information content (AvgIpc) is 2.92. The highest BCUT2D eigenvalue weighted by Crippen LogP contribution is 2.26. The van der Waals surface area contributed by atoms with Crippen molar-refractivity contribution >= 4 is 11.7 Å². The predicted octanol–water partition coefficient (Wildman–Crippen LogP) is 3.58. The number of urea groups is 1. The summed E-state index contributed by atoms with van der Waals surface area (Å²) in [6, 6.07) is 5.34. The van der Waals surface area contributed by atoms with Gasteiger partial charge in [-0.25, -0.2) is 9.78 Å². The second kappa shape index (κ2) is 7.49. The van der Waals surface area contributed by atoms with E-state index in [1.807, 2.05) is 45.9 Å². The van der Waals surface area contributed by atoms with Crippen molar-refractivity contribution in [3.8, 4) is 11.5 Å². The predicted molar refractivity (Wildman–Crippen MR) is 94.0 cm³/mol. The lowest BCUT2D eigenvalue weighted by Gasteiger charge is -2.28. The number of aliphatic hydroxyl groups excluding tert-OH is 1. The zero-order chi connectivity index (χ0) is 17.9. The molecule has 0 saturated heterocycles. The number of carbonyl (C=O) groups is 1. The molecule has 0 aliphatic heterocycles. The van der Waals surface area contributed by atoms with Crippen LogP contribution in [0, 0.1) is 13.8 Å². The van der Waals surface area contributed by atoms with Crippen LogP contribution in [0.3, 0.4) is 0 Å². The summed E-state index contributed by atoms with van der Waals surface area (Å²) in [7, 11) is 0. The van der Waals surface area contributed by atoms with Gasteiger partial charge >= 0.3 is 6.03 Å². The van der Waals surface area contributed by atoms with E-state index in [2.05, 4.69) is 10.3 Å². The molecule has 1 aromatic carbocycles. The number of benzene rings is 1. The van der Waals surface area contributed by atoms with E-state index in [9.17, 15) is 9.90 Å².